The zero-order chi connectivity index (χ0) is 21.0. The number of amidine groups is 1. The maximum atomic E-state index is 12.6. The summed E-state index contributed by atoms with van der Waals surface area (Å²) in [6.45, 7) is 5.48. The molecule has 29 heavy (non-hydrogen) atoms. The molecule has 1 saturated heterocycles. The van der Waals surface area contributed by atoms with Gasteiger partial charge in [-0.05, 0) is 83.0 Å². The highest BCUT2D eigenvalue weighted by molar-refractivity contribution is 9.10. The SMILES string of the molecule is CCN=C1S/C(=C/c2cc(Cl)c(OCc3ccc(Cl)cc3)c(Br)c2)C(=O)N1CC. The normalized spacial score (nSPS) is 16.9. The van der Waals surface area contributed by atoms with Crippen molar-refractivity contribution < 1.29 is 9.53 Å². The topological polar surface area (TPSA) is 41.9 Å². The molecule has 1 aliphatic heterocycles. The van der Waals surface area contributed by atoms with Crippen LogP contribution < -0.4 is 4.74 Å². The van der Waals surface area contributed by atoms with Gasteiger partial charge in [0.25, 0.3) is 5.91 Å². The molecule has 152 valence electrons. The van der Waals surface area contributed by atoms with Crippen LogP contribution in [0.15, 0.2) is 50.8 Å². The van der Waals surface area contributed by atoms with Gasteiger partial charge in [-0.3, -0.25) is 14.7 Å². The highest BCUT2D eigenvalue weighted by Crippen LogP contribution is 2.38. The Balaban J connectivity index is 1.80. The molecule has 0 radical (unpaired) electrons. The molecule has 0 unspecified atom stereocenters. The van der Waals surface area contributed by atoms with E-state index in [4.69, 9.17) is 27.9 Å². The van der Waals surface area contributed by atoms with E-state index < -0.39 is 0 Å². The van der Waals surface area contributed by atoms with Crippen molar-refractivity contribution in [3.63, 3.8) is 0 Å². The Morgan fingerprint density at radius 1 is 1.21 bits per heavy atom. The summed E-state index contributed by atoms with van der Waals surface area (Å²) in [6.07, 6.45) is 1.83. The third kappa shape index (κ3) is 5.37. The minimum atomic E-state index is -0.0417. The van der Waals surface area contributed by atoms with Crippen LogP contribution >= 0.6 is 50.9 Å². The molecular weight excluding hydrogens is 495 g/mol. The highest BCUT2D eigenvalue weighted by Gasteiger charge is 2.31. The maximum Gasteiger partial charge on any atom is 0.266 e. The zero-order valence-corrected chi connectivity index (χ0v) is 19.8. The number of benzene rings is 2. The molecule has 1 fully saturated rings. The number of likely N-dealkylation sites (N-methyl/N-ethyl adjacent to an activating group) is 1. The lowest BCUT2D eigenvalue weighted by molar-refractivity contribution is -0.122. The van der Waals surface area contributed by atoms with Gasteiger partial charge in [0.05, 0.1) is 14.4 Å². The summed E-state index contributed by atoms with van der Waals surface area (Å²) >= 11 is 17.3. The predicted octanol–water partition coefficient (Wildman–Crippen LogP) is 6.65. The molecule has 0 spiro atoms. The minimum absolute atomic E-state index is 0.0417. The molecule has 0 N–H and O–H groups in total. The first-order chi connectivity index (χ1) is 13.9. The van der Waals surface area contributed by atoms with Gasteiger partial charge in [-0.1, -0.05) is 35.3 Å². The van der Waals surface area contributed by atoms with E-state index >= 15 is 0 Å². The van der Waals surface area contributed by atoms with Gasteiger partial charge in [0.1, 0.15) is 6.61 Å². The summed E-state index contributed by atoms with van der Waals surface area (Å²) in [7, 11) is 0. The second-order valence-corrected chi connectivity index (χ2v) is 8.85. The van der Waals surface area contributed by atoms with E-state index in [9.17, 15) is 4.79 Å². The van der Waals surface area contributed by atoms with Gasteiger partial charge in [-0.25, -0.2) is 0 Å². The van der Waals surface area contributed by atoms with Crippen LogP contribution in [0.3, 0.4) is 0 Å². The molecule has 2 aromatic carbocycles. The number of thioether (sulfide) groups is 1. The van der Waals surface area contributed by atoms with Gasteiger partial charge in [0, 0.05) is 18.1 Å². The molecule has 0 atom stereocenters. The van der Waals surface area contributed by atoms with E-state index in [1.807, 2.05) is 50.3 Å². The Hall–Kier alpha value is -1.47. The van der Waals surface area contributed by atoms with Gasteiger partial charge in [0.15, 0.2) is 10.9 Å². The Labute approximate surface area is 193 Å². The fourth-order valence-electron chi connectivity index (χ4n) is 2.73. The number of ether oxygens (including phenoxy) is 1. The summed E-state index contributed by atoms with van der Waals surface area (Å²) in [6, 6.07) is 11.1. The number of aliphatic imine (C=N–C) groups is 1. The van der Waals surface area contributed by atoms with Crippen LogP contribution in [-0.4, -0.2) is 29.1 Å². The van der Waals surface area contributed by atoms with Crippen molar-refractivity contribution in [3.05, 3.63) is 66.9 Å². The van der Waals surface area contributed by atoms with Crippen LogP contribution in [0.1, 0.15) is 25.0 Å². The van der Waals surface area contributed by atoms with Gasteiger partial charge in [-0.2, -0.15) is 0 Å². The first-order valence-corrected chi connectivity index (χ1v) is 11.4. The summed E-state index contributed by atoms with van der Waals surface area (Å²) < 4.78 is 6.60. The van der Waals surface area contributed by atoms with Crippen LogP contribution in [0.25, 0.3) is 6.08 Å². The lowest BCUT2D eigenvalue weighted by atomic mass is 10.2. The number of nitrogens with zero attached hydrogens (tertiary/aromatic N) is 2. The lowest BCUT2D eigenvalue weighted by Crippen LogP contribution is -2.28. The second kappa shape index (κ2) is 10.0. The van der Waals surface area contributed by atoms with Crippen molar-refractivity contribution in [1.82, 2.24) is 4.90 Å². The van der Waals surface area contributed by atoms with Crippen molar-refractivity contribution in [1.29, 1.82) is 0 Å². The fraction of sp³-hybridized carbons (Fsp3) is 0.238. The highest BCUT2D eigenvalue weighted by atomic mass is 79.9. The average molecular weight is 514 g/mol. The number of rotatable bonds is 6. The summed E-state index contributed by atoms with van der Waals surface area (Å²) in [4.78, 5) is 19.3. The molecule has 0 bridgehead atoms. The van der Waals surface area contributed by atoms with E-state index in [1.54, 1.807) is 11.0 Å². The van der Waals surface area contributed by atoms with Crippen molar-refractivity contribution in [3.8, 4) is 5.75 Å². The molecule has 2 aromatic rings. The molecule has 1 heterocycles. The summed E-state index contributed by atoms with van der Waals surface area (Å²) in [5.41, 5.74) is 1.80. The van der Waals surface area contributed by atoms with Crippen LogP contribution in [0.5, 0.6) is 5.75 Å². The minimum Gasteiger partial charge on any atom is -0.486 e. The van der Waals surface area contributed by atoms with E-state index in [2.05, 4.69) is 20.9 Å². The van der Waals surface area contributed by atoms with E-state index in [1.165, 1.54) is 11.8 Å². The molecular formula is C21H19BrCl2N2O2S. The Morgan fingerprint density at radius 2 is 1.93 bits per heavy atom. The number of hydrogen-bond acceptors (Lipinski definition) is 4. The third-order valence-electron chi connectivity index (χ3n) is 4.11. The smallest absolute Gasteiger partial charge is 0.266 e. The standard InChI is InChI=1S/C21H19BrCl2N2O2S/c1-3-25-21-26(4-2)20(27)18(29-21)11-14-9-16(22)19(17(24)10-14)28-12-13-5-7-15(23)8-6-13/h5-11H,3-4,12H2,1-2H3/b18-11+,25-21?. The molecule has 4 nitrogen and oxygen atoms in total. The van der Waals surface area contributed by atoms with Crippen LogP contribution in [0.4, 0.5) is 0 Å². The van der Waals surface area contributed by atoms with Crippen LogP contribution in [-0.2, 0) is 11.4 Å². The molecule has 1 aliphatic rings. The Morgan fingerprint density at radius 3 is 2.55 bits per heavy atom. The molecule has 0 saturated carbocycles. The largest absolute Gasteiger partial charge is 0.486 e. The maximum absolute atomic E-state index is 12.6. The van der Waals surface area contributed by atoms with E-state index in [0.717, 1.165) is 20.8 Å². The second-order valence-electron chi connectivity index (χ2n) is 6.15. The van der Waals surface area contributed by atoms with Crippen molar-refractivity contribution in [2.24, 2.45) is 4.99 Å². The molecule has 0 aromatic heterocycles. The number of hydrogen-bond donors (Lipinski definition) is 0. The fourth-order valence-corrected chi connectivity index (χ4v) is 4.95. The third-order valence-corrected chi connectivity index (χ3v) is 6.28. The molecule has 0 aliphatic carbocycles. The number of halogens is 3. The van der Waals surface area contributed by atoms with Crippen LogP contribution in [0.2, 0.25) is 10.0 Å². The lowest BCUT2D eigenvalue weighted by Gasteiger charge is -2.12. The summed E-state index contributed by atoms with van der Waals surface area (Å²) in [5.74, 6) is 0.512. The van der Waals surface area contributed by atoms with Gasteiger partial charge in [0.2, 0.25) is 0 Å². The zero-order valence-electron chi connectivity index (χ0n) is 15.9. The Bertz CT molecular complexity index is 954. The predicted molar refractivity (Wildman–Crippen MR) is 126 cm³/mol. The van der Waals surface area contributed by atoms with Gasteiger partial charge < -0.3 is 4.74 Å². The van der Waals surface area contributed by atoms with Crippen molar-refractivity contribution in [2.75, 3.05) is 13.1 Å². The Kier molecular flexibility index (Phi) is 7.68. The number of carbonyl (C=O) groups excluding carboxylic acids is 1. The average Bonchev–Trinajstić information content (AvgIpc) is 2.97. The molecule has 3 rings (SSSR count). The van der Waals surface area contributed by atoms with E-state index in [-0.39, 0.29) is 5.91 Å². The first kappa shape index (κ1) is 22.2. The number of carbonyl (C=O) groups is 1. The van der Waals surface area contributed by atoms with Gasteiger partial charge in [-0.15, -0.1) is 0 Å². The molecule has 1 amide bonds. The van der Waals surface area contributed by atoms with Crippen molar-refractivity contribution >= 4 is 68.0 Å². The van der Waals surface area contributed by atoms with Crippen LogP contribution in [0, 0.1) is 0 Å². The van der Waals surface area contributed by atoms with E-state index in [0.29, 0.717) is 40.4 Å². The summed E-state index contributed by atoms with van der Waals surface area (Å²) in [5, 5.41) is 1.88. The number of amides is 1. The van der Waals surface area contributed by atoms with Gasteiger partial charge >= 0.3 is 0 Å². The quantitative estimate of drug-likeness (QED) is 0.406. The monoisotopic (exact) mass is 512 g/mol. The first-order valence-electron chi connectivity index (χ1n) is 9.05. The molecule has 8 heteroatoms. The van der Waals surface area contributed by atoms with Crippen molar-refractivity contribution in [2.45, 2.75) is 20.5 Å².